The van der Waals surface area contributed by atoms with Gasteiger partial charge in [0.25, 0.3) is 5.56 Å². The highest BCUT2D eigenvalue weighted by atomic mass is 16.6. The second-order valence-electron chi connectivity index (χ2n) is 5.33. The minimum atomic E-state index is -0.898. The fourth-order valence-corrected chi connectivity index (χ4v) is 2.13. The van der Waals surface area contributed by atoms with Gasteiger partial charge in [0, 0.05) is 18.2 Å². The van der Waals surface area contributed by atoms with Crippen LogP contribution in [-0.4, -0.2) is 45.5 Å². The van der Waals surface area contributed by atoms with Gasteiger partial charge < -0.3 is 20.3 Å². The van der Waals surface area contributed by atoms with Gasteiger partial charge >= 0.3 is 11.7 Å². The predicted molar refractivity (Wildman–Crippen MR) is 75.2 cm³/mol. The Balaban J connectivity index is 2.08. The van der Waals surface area contributed by atoms with Gasteiger partial charge in [-0.2, -0.15) is 0 Å². The van der Waals surface area contributed by atoms with Gasteiger partial charge in [-0.15, -0.1) is 0 Å². The van der Waals surface area contributed by atoms with E-state index in [1.807, 2.05) is 0 Å². The van der Waals surface area contributed by atoms with Crippen LogP contribution in [0.1, 0.15) is 25.1 Å². The normalized spacial score (nSPS) is 25.9. The van der Waals surface area contributed by atoms with Crippen molar-refractivity contribution in [1.29, 1.82) is 0 Å². The number of carbonyl (C=O) groups excluding carboxylic acids is 1. The van der Waals surface area contributed by atoms with Crippen molar-refractivity contribution in [2.45, 2.75) is 44.7 Å². The fourth-order valence-electron chi connectivity index (χ4n) is 2.13. The molecular formula is C13H19N3O6. The number of aryl methyl sites for hydroxylation is 1. The molecule has 1 aliphatic rings. The van der Waals surface area contributed by atoms with Crippen LogP contribution in [0.3, 0.4) is 0 Å². The van der Waals surface area contributed by atoms with E-state index < -0.39 is 41.7 Å². The van der Waals surface area contributed by atoms with E-state index in [1.165, 1.54) is 17.7 Å². The molecule has 2 rings (SSSR count). The number of hydrogen-bond donors (Lipinski definition) is 3. The number of aliphatic hydroxyl groups is 1. The number of nitrogens with zero attached hydrogens (tertiary/aromatic N) is 1. The zero-order valence-electron chi connectivity index (χ0n) is 12.3. The molecule has 1 aromatic rings. The largest absolute Gasteiger partial charge is 0.462 e. The SMILES string of the molecule is Cc1cn([C@H]2C[C@H](O)[C@@H](COC(=O)C(C)N)O2)c(=O)[nH]c1=O. The summed E-state index contributed by atoms with van der Waals surface area (Å²) in [5, 5.41) is 9.95. The molecule has 9 nitrogen and oxygen atoms in total. The first-order valence-electron chi connectivity index (χ1n) is 6.87. The molecule has 0 aromatic carbocycles. The summed E-state index contributed by atoms with van der Waals surface area (Å²) in [6.45, 7) is 2.89. The quantitative estimate of drug-likeness (QED) is 0.568. The fraction of sp³-hybridized carbons (Fsp3) is 0.615. The average molecular weight is 313 g/mol. The van der Waals surface area contributed by atoms with Gasteiger partial charge in [-0.25, -0.2) is 4.79 Å². The number of carbonyl (C=O) groups is 1. The van der Waals surface area contributed by atoms with Crippen molar-refractivity contribution < 1.29 is 19.4 Å². The Kier molecular flexibility index (Phi) is 4.79. The average Bonchev–Trinajstić information content (AvgIpc) is 2.81. The molecule has 9 heteroatoms. The molecule has 1 aliphatic heterocycles. The molecular weight excluding hydrogens is 294 g/mol. The Morgan fingerprint density at radius 3 is 2.95 bits per heavy atom. The smallest absolute Gasteiger partial charge is 0.330 e. The van der Waals surface area contributed by atoms with Crippen molar-refractivity contribution >= 4 is 5.97 Å². The Labute approximate surface area is 125 Å². The first-order valence-corrected chi connectivity index (χ1v) is 6.87. The third kappa shape index (κ3) is 3.43. The molecule has 1 fully saturated rings. The van der Waals surface area contributed by atoms with Crippen molar-refractivity contribution in [2.24, 2.45) is 5.73 Å². The Bertz CT molecular complexity index is 664. The lowest BCUT2D eigenvalue weighted by Crippen LogP contribution is -2.35. The molecule has 1 saturated heterocycles. The minimum absolute atomic E-state index is 0.145. The van der Waals surface area contributed by atoms with Crippen molar-refractivity contribution in [3.63, 3.8) is 0 Å². The standard InChI is InChI=1S/C13H19N3O6/c1-6-4-16(13(20)15-11(6)18)10-3-8(17)9(22-10)5-21-12(19)7(2)14/h4,7-10,17H,3,5,14H2,1-2H3,(H,15,18,20)/t7?,8-,9+,10+/m0/s1. The summed E-state index contributed by atoms with van der Waals surface area (Å²) >= 11 is 0. The zero-order valence-corrected chi connectivity index (χ0v) is 12.3. The number of aliphatic hydroxyl groups excluding tert-OH is 1. The van der Waals surface area contributed by atoms with Crippen LogP contribution in [0.15, 0.2) is 15.8 Å². The molecule has 0 spiro atoms. The first kappa shape index (κ1) is 16.4. The first-order chi connectivity index (χ1) is 10.3. The monoisotopic (exact) mass is 313 g/mol. The maximum atomic E-state index is 11.8. The van der Waals surface area contributed by atoms with Crippen LogP contribution in [-0.2, 0) is 14.3 Å². The van der Waals surface area contributed by atoms with E-state index in [2.05, 4.69) is 4.98 Å². The van der Waals surface area contributed by atoms with Gasteiger partial charge in [0.15, 0.2) is 0 Å². The molecule has 0 aliphatic carbocycles. The van der Waals surface area contributed by atoms with E-state index in [9.17, 15) is 19.5 Å². The van der Waals surface area contributed by atoms with E-state index >= 15 is 0 Å². The molecule has 0 amide bonds. The number of rotatable bonds is 4. The number of nitrogens with two attached hydrogens (primary N) is 1. The van der Waals surface area contributed by atoms with E-state index in [0.29, 0.717) is 5.56 Å². The summed E-state index contributed by atoms with van der Waals surface area (Å²) in [4.78, 5) is 36.6. The molecule has 22 heavy (non-hydrogen) atoms. The molecule has 4 N–H and O–H groups in total. The third-order valence-electron chi connectivity index (χ3n) is 3.42. The van der Waals surface area contributed by atoms with Gasteiger partial charge in [-0.05, 0) is 13.8 Å². The Hall–Kier alpha value is -1.97. The molecule has 0 saturated carbocycles. The lowest BCUT2D eigenvalue weighted by atomic mass is 10.2. The summed E-state index contributed by atoms with van der Waals surface area (Å²) in [6, 6.07) is -0.765. The highest BCUT2D eigenvalue weighted by Gasteiger charge is 2.36. The number of nitrogens with one attached hydrogen (secondary N) is 1. The van der Waals surface area contributed by atoms with Crippen LogP contribution in [0, 0.1) is 6.92 Å². The number of hydrogen-bond acceptors (Lipinski definition) is 7. The van der Waals surface area contributed by atoms with Crippen molar-refractivity contribution in [2.75, 3.05) is 6.61 Å². The summed E-state index contributed by atoms with van der Waals surface area (Å²) in [6.07, 6.45) is -0.880. The zero-order chi connectivity index (χ0) is 16.4. The lowest BCUT2D eigenvalue weighted by Gasteiger charge is -2.17. The van der Waals surface area contributed by atoms with E-state index in [-0.39, 0.29) is 13.0 Å². The predicted octanol–water partition coefficient (Wildman–Crippen LogP) is -1.62. The lowest BCUT2D eigenvalue weighted by molar-refractivity contribution is -0.151. The highest BCUT2D eigenvalue weighted by molar-refractivity contribution is 5.74. The van der Waals surface area contributed by atoms with Crippen molar-refractivity contribution in [1.82, 2.24) is 9.55 Å². The van der Waals surface area contributed by atoms with Gasteiger partial charge in [-0.3, -0.25) is 19.1 Å². The second-order valence-corrected chi connectivity index (χ2v) is 5.33. The van der Waals surface area contributed by atoms with Crippen LogP contribution in [0.2, 0.25) is 0 Å². The second kappa shape index (κ2) is 6.42. The van der Waals surface area contributed by atoms with Crippen molar-refractivity contribution in [3.05, 3.63) is 32.6 Å². The number of aromatic nitrogens is 2. The van der Waals surface area contributed by atoms with Crippen LogP contribution in [0.25, 0.3) is 0 Å². The number of esters is 1. The van der Waals surface area contributed by atoms with Crippen LogP contribution >= 0.6 is 0 Å². The minimum Gasteiger partial charge on any atom is -0.462 e. The maximum Gasteiger partial charge on any atom is 0.330 e. The molecule has 4 atom stereocenters. The van der Waals surface area contributed by atoms with E-state index in [1.54, 1.807) is 6.92 Å². The molecule has 1 aromatic heterocycles. The molecule has 1 unspecified atom stereocenters. The third-order valence-corrected chi connectivity index (χ3v) is 3.42. The van der Waals surface area contributed by atoms with Crippen LogP contribution in [0.5, 0.6) is 0 Å². The topological polar surface area (TPSA) is 137 Å². The summed E-state index contributed by atoms with van der Waals surface area (Å²) < 4.78 is 11.7. The summed E-state index contributed by atoms with van der Waals surface area (Å²) in [7, 11) is 0. The molecule has 0 radical (unpaired) electrons. The van der Waals surface area contributed by atoms with Crippen LogP contribution in [0.4, 0.5) is 0 Å². The van der Waals surface area contributed by atoms with E-state index in [4.69, 9.17) is 15.2 Å². The summed E-state index contributed by atoms with van der Waals surface area (Å²) in [5.41, 5.74) is 4.62. The molecule has 0 bridgehead atoms. The highest BCUT2D eigenvalue weighted by Crippen LogP contribution is 2.27. The maximum absolute atomic E-state index is 11.8. The van der Waals surface area contributed by atoms with Gasteiger partial charge in [-0.1, -0.05) is 0 Å². The van der Waals surface area contributed by atoms with Crippen molar-refractivity contribution in [3.8, 4) is 0 Å². The molecule has 122 valence electrons. The number of ether oxygens (including phenoxy) is 2. The Morgan fingerprint density at radius 2 is 2.32 bits per heavy atom. The van der Waals surface area contributed by atoms with Gasteiger partial charge in [0.1, 0.15) is 25.0 Å². The van der Waals surface area contributed by atoms with Gasteiger partial charge in [0.05, 0.1) is 6.10 Å². The number of aromatic amines is 1. The van der Waals surface area contributed by atoms with E-state index in [0.717, 1.165) is 0 Å². The molecule has 2 heterocycles. The summed E-state index contributed by atoms with van der Waals surface area (Å²) in [5.74, 6) is -0.601. The van der Waals surface area contributed by atoms with Gasteiger partial charge in [0.2, 0.25) is 0 Å². The van der Waals surface area contributed by atoms with Crippen LogP contribution < -0.4 is 17.0 Å². The Morgan fingerprint density at radius 1 is 1.64 bits per heavy atom. The number of H-pyrrole nitrogens is 1.